The van der Waals surface area contributed by atoms with Gasteiger partial charge in [0.25, 0.3) is 0 Å². The Bertz CT molecular complexity index is 1050. The molecule has 0 aliphatic heterocycles. The summed E-state index contributed by atoms with van der Waals surface area (Å²) in [5, 5.41) is 7.53. The van der Waals surface area contributed by atoms with E-state index in [2.05, 4.69) is 10.3 Å². The van der Waals surface area contributed by atoms with Crippen molar-refractivity contribution in [3.05, 3.63) is 72.9 Å². The minimum Gasteiger partial charge on any atom is -0.326 e. The average Bonchev–Trinajstić information content (AvgIpc) is 3.06. The highest BCUT2D eigenvalue weighted by atomic mass is 16.1. The van der Waals surface area contributed by atoms with E-state index in [9.17, 15) is 4.79 Å². The third-order valence-electron chi connectivity index (χ3n) is 3.91. The second kappa shape index (κ2) is 6.20. The number of carbonyl (C=O) groups excluding carboxylic acids is 1. The maximum absolute atomic E-state index is 11.3. The standard InChI is InChI=1S/C20H16N4O/c1-14(25)22-17-9-5-8-16(12-17)19-10-11-21-20-13-18(23-24(19)20)15-6-3-2-4-7-15/h2-13H,1H3,(H,22,25). The molecule has 0 aliphatic rings. The third-order valence-corrected chi connectivity index (χ3v) is 3.91. The molecule has 0 saturated carbocycles. The largest absolute Gasteiger partial charge is 0.326 e. The molecule has 4 aromatic rings. The van der Waals surface area contributed by atoms with E-state index >= 15 is 0 Å². The summed E-state index contributed by atoms with van der Waals surface area (Å²) in [6.07, 6.45) is 1.77. The number of rotatable bonds is 3. The fraction of sp³-hybridized carbons (Fsp3) is 0.0500. The first-order valence-electron chi connectivity index (χ1n) is 7.99. The first kappa shape index (κ1) is 15.1. The Morgan fingerprint density at radius 1 is 0.960 bits per heavy atom. The number of amides is 1. The predicted molar refractivity (Wildman–Crippen MR) is 98.2 cm³/mol. The highest BCUT2D eigenvalue weighted by Gasteiger charge is 2.10. The summed E-state index contributed by atoms with van der Waals surface area (Å²) in [4.78, 5) is 15.7. The topological polar surface area (TPSA) is 59.3 Å². The lowest BCUT2D eigenvalue weighted by atomic mass is 10.1. The van der Waals surface area contributed by atoms with Gasteiger partial charge in [-0.15, -0.1) is 0 Å². The molecule has 0 atom stereocenters. The Hall–Kier alpha value is -3.47. The molecule has 0 fully saturated rings. The molecule has 5 nitrogen and oxygen atoms in total. The highest BCUT2D eigenvalue weighted by molar-refractivity contribution is 5.89. The molecule has 25 heavy (non-hydrogen) atoms. The van der Waals surface area contributed by atoms with Gasteiger partial charge in [-0.05, 0) is 18.2 Å². The quantitative estimate of drug-likeness (QED) is 0.618. The van der Waals surface area contributed by atoms with Gasteiger partial charge in [-0.25, -0.2) is 9.50 Å². The predicted octanol–water partition coefficient (Wildman–Crippen LogP) is 4.02. The number of benzene rings is 2. The van der Waals surface area contributed by atoms with Gasteiger partial charge < -0.3 is 5.32 Å². The second-order valence-corrected chi connectivity index (χ2v) is 5.76. The van der Waals surface area contributed by atoms with Gasteiger partial charge in [0.2, 0.25) is 5.91 Å². The van der Waals surface area contributed by atoms with Gasteiger partial charge in [-0.3, -0.25) is 4.79 Å². The first-order chi connectivity index (χ1) is 12.2. The summed E-state index contributed by atoms with van der Waals surface area (Å²) in [5.41, 5.74) is 5.33. The van der Waals surface area contributed by atoms with Crippen LogP contribution >= 0.6 is 0 Å². The van der Waals surface area contributed by atoms with Crippen molar-refractivity contribution in [3.8, 4) is 22.5 Å². The van der Waals surface area contributed by atoms with Crippen molar-refractivity contribution in [2.24, 2.45) is 0 Å². The number of hydrogen-bond donors (Lipinski definition) is 1. The fourth-order valence-corrected chi connectivity index (χ4v) is 2.82. The van der Waals surface area contributed by atoms with Crippen molar-refractivity contribution in [1.29, 1.82) is 0 Å². The molecule has 0 spiro atoms. The van der Waals surface area contributed by atoms with Crippen LogP contribution in [0.2, 0.25) is 0 Å². The zero-order chi connectivity index (χ0) is 17.2. The van der Waals surface area contributed by atoms with Gasteiger partial charge in [-0.2, -0.15) is 5.10 Å². The van der Waals surface area contributed by atoms with Crippen molar-refractivity contribution >= 4 is 17.2 Å². The Labute approximate surface area is 145 Å². The number of aromatic nitrogens is 3. The number of nitrogens with zero attached hydrogens (tertiary/aromatic N) is 3. The van der Waals surface area contributed by atoms with Crippen molar-refractivity contribution < 1.29 is 4.79 Å². The van der Waals surface area contributed by atoms with Gasteiger partial charge >= 0.3 is 0 Å². The average molecular weight is 328 g/mol. The molecule has 4 rings (SSSR count). The van der Waals surface area contributed by atoms with E-state index in [-0.39, 0.29) is 5.91 Å². The SMILES string of the molecule is CC(=O)Nc1cccc(-c2ccnc3cc(-c4ccccc4)nn23)c1. The molecule has 0 unspecified atom stereocenters. The number of nitrogens with one attached hydrogen (secondary N) is 1. The smallest absolute Gasteiger partial charge is 0.221 e. The van der Waals surface area contributed by atoms with Gasteiger partial charge in [0.1, 0.15) is 0 Å². The van der Waals surface area contributed by atoms with Crippen LogP contribution in [0.3, 0.4) is 0 Å². The van der Waals surface area contributed by atoms with Crippen LogP contribution in [-0.4, -0.2) is 20.5 Å². The van der Waals surface area contributed by atoms with Crippen LogP contribution in [0.1, 0.15) is 6.92 Å². The van der Waals surface area contributed by atoms with Crippen LogP contribution in [0, 0.1) is 0 Å². The summed E-state index contributed by atoms with van der Waals surface area (Å²) in [5.74, 6) is -0.0949. The normalized spacial score (nSPS) is 10.8. The fourth-order valence-electron chi connectivity index (χ4n) is 2.82. The lowest BCUT2D eigenvalue weighted by molar-refractivity contribution is -0.114. The summed E-state index contributed by atoms with van der Waals surface area (Å²) in [6.45, 7) is 1.50. The zero-order valence-electron chi connectivity index (χ0n) is 13.7. The van der Waals surface area contributed by atoms with Gasteiger partial charge in [-0.1, -0.05) is 42.5 Å². The van der Waals surface area contributed by atoms with Crippen LogP contribution in [0.15, 0.2) is 72.9 Å². The van der Waals surface area contributed by atoms with Crippen molar-refractivity contribution in [3.63, 3.8) is 0 Å². The number of anilines is 1. The highest BCUT2D eigenvalue weighted by Crippen LogP contribution is 2.25. The molecule has 2 aromatic carbocycles. The van der Waals surface area contributed by atoms with Gasteiger partial charge in [0, 0.05) is 36.0 Å². The number of carbonyl (C=O) groups is 1. The van der Waals surface area contributed by atoms with Crippen LogP contribution in [0.5, 0.6) is 0 Å². The minimum atomic E-state index is -0.0949. The summed E-state index contributed by atoms with van der Waals surface area (Å²) in [6, 6.07) is 21.6. The summed E-state index contributed by atoms with van der Waals surface area (Å²) in [7, 11) is 0. The van der Waals surface area contributed by atoms with E-state index in [4.69, 9.17) is 5.10 Å². The van der Waals surface area contributed by atoms with Crippen LogP contribution in [0.4, 0.5) is 5.69 Å². The molecule has 2 aromatic heterocycles. The zero-order valence-corrected chi connectivity index (χ0v) is 13.7. The summed E-state index contributed by atoms with van der Waals surface area (Å²) < 4.78 is 1.83. The lowest BCUT2D eigenvalue weighted by Crippen LogP contribution is -2.05. The molecule has 122 valence electrons. The Morgan fingerprint density at radius 2 is 1.76 bits per heavy atom. The molecular weight excluding hydrogens is 312 g/mol. The molecule has 2 heterocycles. The maximum Gasteiger partial charge on any atom is 0.221 e. The van der Waals surface area contributed by atoms with E-state index < -0.39 is 0 Å². The van der Waals surface area contributed by atoms with Crippen molar-refractivity contribution in [1.82, 2.24) is 14.6 Å². The lowest BCUT2D eigenvalue weighted by Gasteiger charge is -2.07. The Balaban J connectivity index is 1.83. The Kier molecular flexibility index (Phi) is 3.74. The number of fused-ring (bicyclic) bond motifs is 1. The van der Waals surface area contributed by atoms with Crippen LogP contribution in [0.25, 0.3) is 28.2 Å². The van der Waals surface area contributed by atoms with E-state index in [0.29, 0.717) is 0 Å². The molecule has 0 aliphatic carbocycles. The third kappa shape index (κ3) is 2.99. The van der Waals surface area contributed by atoms with E-state index in [0.717, 1.165) is 33.8 Å². The molecule has 0 radical (unpaired) electrons. The van der Waals surface area contributed by atoms with E-state index in [1.54, 1.807) is 6.20 Å². The minimum absolute atomic E-state index is 0.0949. The Morgan fingerprint density at radius 3 is 2.56 bits per heavy atom. The van der Waals surface area contributed by atoms with Gasteiger partial charge in [0.05, 0.1) is 11.4 Å². The molecule has 0 bridgehead atoms. The van der Waals surface area contributed by atoms with Crippen LogP contribution < -0.4 is 5.32 Å². The van der Waals surface area contributed by atoms with Crippen LogP contribution in [-0.2, 0) is 4.79 Å². The van der Waals surface area contributed by atoms with Gasteiger partial charge in [0.15, 0.2) is 5.65 Å². The molecular formula is C20H16N4O. The molecule has 0 saturated heterocycles. The monoisotopic (exact) mass is 328 g/mol. The summed E-state index contributed by atoms with van der Waals surface area (Å²) >= 11 is 0. The van der Waals surface area contributed by atoms with Crippen molar-refractivity contribution in [2.75, 3.05) is 5.32 Å². The van der Waals surface area contributed by atoms with E-state index in [1.165, 1.54) is 6.92 Å². The molecule has 1 N–H and O–H groups in total. The maximum atomic E-state index is 11.3. The number of hydrogen-bond acceptors (Lipinski definition) is 3. The second-order valence-electron chi connectivity index (χ2n) is 5.76. The first-order valence-corrected chi connectivity index (χ1v) is 7.99. The van der Waals surface area contributed by atoms with E-state index in [1.807, 2.05) is 71.2 Å². The molecule has 5 heteroatoms. The van der Waals surface area contributed by atoms with Crippen molar-refractivity contribution in [2.45, 2.75) is 6.92 Å². The molecule has 1 amide bonds.